The molecule has 0 saturated heterocycles. The lowest BCUT2D eigenvalue weighted by Crippen LogP contribution is -2.54. The van der Waals surface area contributed by atoms with Crippen LogP contribution in [0.1, 0.15) is 19.8 Å². The van der Waals surface area contributed by atoms with Crippen LogP contribution in [0.3, 0.4) is 0 Å². The number of ether oxygens (including phenoxy) is 1. The van der Waals surface area contributed by atoms with E-state index in [-0.39, 0.29) is 0 Å². The van der Waals surface area contributed by atoms with E-state index in [1.807, 2.05) is 0 Å². The average molecular weight is 414 g/mol. The summed E-state index contributed by atoms with van der Waals surface area (Å²) in [5, 5.41) is 0. The highest BCUT2D eigenvalue weighted by molar-refractivity contribution is 5.90. The van der Waals surface area contributed by atoms with Crippen molar-refractivity contribution >= 4 is 5.97 Å². The van der Waals surface area contributed by atoms with Crippen molar-refractivity contribution < 1.29 is 62.2 Å². The van der Waals surface area contributed by atoms with E-state index in [0.29, 0.717) is 6.92 Å². The Morgan fingerprint density at radius 2 is 1.31 bits per heavy atom. The maximum Gasteiger partial charge on any atom is 0.423 e. The zero-order valence-electron chi connectivity index (χ0n) is 12.6. The van der Waals surface area contributed by atoms with Crippen LogP contribution in [-0.4, -0.2) is 42.7 Å². The second-order valence-electron chi connectivity index (χ2n) is 4.82. The van der Waals surface area contributed by atoms with Crippen molar-refractivity contribution in [1.29, 1.82) is 0 Å². The minimum atomic E-state index is -5.93. The fraction of sp³-hybridized carbons (Fsp3) is 0.750. The van der Waals surface area contributed by atoms with Crippen LogP contribution in [0, 0.1) is 0 Å². The van der Waals surface area contributed by atoms with Gasteiger partial charge in [0.2, 0.25) is 0 Å². The van der Waals surface area contributed by atoms with E-state index in [1.165, 1.54) is 0 Å². The average Bonchev–Trinajstić information content (AvgIpc) is 2.41. The van der Waals surface area contributed by atoms with Gasteiger partial charge in [0.1, 0.15) is 5.57 Å². The molecule has 0 atom stereocenters. The molecule has 0 aromatic carbocycles. The standard InChI is InChI=1S/C12H10F12O2/c1-2-8(13,14)12(23,24)9(15,16)3-4-26-7(25)6(11(20,21)22)5-10(17,18)19/h5H,2-4H2,1H3/b6-5+. The summed E-state index contributed by atoms with van der Waals surface area (Å²) in [6.45, 7) is -1.51. The maximum absolute atomic E-state index is 13.2. The van der Waals surface area contributed by atoms with Crippen LogP contribution in [0.25, 0.3) is 0 Å². The molecule has 0 aromatic rings. The summed E-state index contributed by atoms with van der Waals surface area (Å²) >= 11 is 0. The molecular formula is C12H10F12O2. The predicted molar refractivity (Wildman–Crippen MR) is 60.9 cm³/mol. The molecule has 26 heavy (non-hydrogen) atoms. The van der Waals surface area contributed by atoms with E-state index in [2.05, 4.69) is 4.74 Å². The van der Waals surface area contributed by atoms with Gasteiger partial charge in [-0.15, -0.1) is 0 Å². The van der Waals surface area contributed by atoms with Gasteiger partial charge >= 0.3 is 36.1 Å². The molecule has 0 unspecified atom stereocenters. The Morgan fingerprint density at radius 3 is 1.65 bits per heavy atom. The van der Waals surface area contributed by atoms with Gasteiger partial charge in [-0.3, -0.25) is 0 Å². The van der Waals surface area contributed by atoms with Gasteiger partial charge < -0.3 is 4.74 Å². The van der Waals surface area contributed by atoms with Crippen molar-refractivity contribution in [2.24, 2.45) is 0 Å². The lowest BCUT2D eigenvalue weighted by Gasteiger charge is -2.32. The van der Waals surface area contributed by atoms with Gasteiger partial charge in [0.05, 0.1) is 13.0 Å². The van der Waals surface area contributed by atoms with E-state index >= 15 is 0 Å². The third-order valence-electron chi connectivity index (χ3n) is 2.85. The van der Waals surface area contributed by atoms with E-state index in [0.717, 1.165) is 0 Å². The molecule has 0 radical (unpaired) electrons. The second kappa shape index (κ2) is 7.55. The number of carbonyl (C=O) groups is 1. The Kier molecular flexibility index (Phi) is 7.07. The number of hydrogen-bond donors (Lipinski definition) is 0. The number of rotatable bonds is 7. The lowest BCUT2D eigenvalue weighted by molar-refractivity contribution is -0.312. The van der Waals surface area contributed by atoms with Crippen molar-refractivity contribution in [1.82, 2.24) is 0 Å². The summed E-state index contributed by atoms with van der Waals surface area (Å²) < 4.78 is 155. The zero-order chi connectivity index (χ0) is 21.2. The van der Waals surface area contributed by atoms with Crippen molar-refractivity contribution in [2.75, 3.05) is 6.61 Å². The molecule has 2 nitrogen and oxygen atoms in total. The van der Waals surface area contributed by atoms with E-state index < -0.39 is 67.2 Å². The Labute approximate surface area is 137 Å². The van der Waals surface area contributed by atoms with Crippen LogP contribution < -0.4 is 0 Å². The molecule has 0 aliphatic rings. The van der Waals surface area contributed by atoms with E-state index in [4.69, 9.17) is 0 Å². The first-order valence-electron chi connectivity index (χ1n) is 6.46. The van der Waals surface area contributed by atoms with E-state index in [1.54, 1.807) is 0 Å². The van der Waals surface area contributed by atoms with Gasteiger partial charge in [-0.05, 0) is 0 Å². The van der Waals surface area contributed by atoms with Gasteiger partial charge in [0, 0.05) is 12.5 Å². The smallest absolute Gasteiger partial charge is 0.423 e. The zero-order valence-corrected chi connectivity index (χ0v) is 12.6. The largest absolute Gasteiger partial charge is 0.462 e. The molecule has 0 fully saturated rings. The molecule has 0 aromatic heterocycles. The fourth-order valence-electron chi connectivity index (χ4n) is 1.42. The molecule has 0 rings (SSSR count). The van der Waals surface area contributed by atoms with Gasteiger partial charge in [0.25, 0.3) is 0 Å². The molecule has 0 amide bonds. The molecule has 0 bridgehead atoms. The van der Waals surface area contributed by atoms with Crippen LogP contribution in [0.5, 0.6) is 0 Å². The van der Waals surface area contributed by atoms with Gasteiger partial charge in [0.15, 0.2) is 0 Å². The molecule has 154 valence electrons. The molecule has 0 spiro atoms. The van der Waals surface area contributed by atoms with Gasteiger partial charge in [-0.25, -0.2) is 4.79 Å². The molecular weight excluding hydrogens is 404 g/mol. The summed E-state index contributed by atoms with van der Waals surface area (Å²) in [7, 11) is 0. The topological polar surface area (TPSA) is 26.3 Å². The highest BCUT2D eigenvalue weighted by atomic mass is 19.4. The summed E-state index contributed by atoms with van der Waals surface area (Å²) in [6.07, 6.45) is -17.1. The molecule has 0 heterocycles. The Morgan fingerprint density at radius 1 is 0.846 bits per heavy atom. The summed E-state index contributed by atoms with van der Waals surface area (Å²) in [4.78, 5) is 11.0. The SMILES string of the molecule is CCC(F)(F)C(F)(F)C(F)(F)CCOC(=O)/C(=C\C(F)(F)F)C(F)(F)F. The summed E-state index contributed by atoms with van der Waals surface area (Å²) in [5.41, 5.74) is -2.93. The third kappa shape index (κ3) is 5.97. The van der Waals surface area contributed by atoms with Crippen LogP contribution in [-0.2, 0) is 9.53 Å². The van der Waals surface area contributed by atoms with Crippen LogP contribution in [0.4, 0.5) is 52.7 Å². The third-order valence-corrected chi connectivity index (χ3v) is 2.85. The quantitative estimate of drug-likeness (QED) is 0.322. The minimum Gasteiger partial charge on any atom is -0.462 e. The Hall–Kier alpha value is -1.63. The summed E-state index contributed by atoms with van der Waals surface area (Å²) in [5.74, 6) is -19.4. The number of halogens is 12. The first-order valence-corrected chi connectivity index (χ1v) is 6.46. The monoisotopic (exact) mass is 414 g/mol. The molecule has 0 aliphatic heterocycles. The highest BCUT2D eigenvalue weighted by Crippen LogP contribution is 2.48. The normalized spacial score (nSPS) is 15.2. The number of allylic oxidation sites excluding steroid dienone is 1. The number of hydrogen-bond acceptors (Lipinski definition) is 2. The highest BCUT2D eigenvalue weighted by Gasteiger charge is 2.70. The number of esters is 1. The van der Waals surface area contributed by atoms with E-state index in [9.17, 15) is 57.5 Å². The van der Waals surface area contributed by atoms with Gasteiger partial charge in [-0.2, -0.15) is 52.7 Å². The summed E-state index contributed by atoms with van der Waals surface area (Å²) in [6, 6.07) is 0. The first kappa shape index (κ1) is 24.4. The Bertz CT molecular complexity index is 529. The van der Waals surface area contributed by atoms with Crippen LogP contribution in [0.2, 0.25) is 0 Å². The molecule has 0 N–H and O–H groups in total. The first-order chi connectivity index (χ1) is 11.3. The van der Waals surface area contributed by atoms with Gasteiger partial charge in [-0.1, -0.05) is 6.92 Å². The molecule has 14 heteroatoms. The minimum absolute atomic E-state index is 0.460. The predicted octanol–water partition coefficient (Wildman–Crippen LogP) is 5.29. The fourth-order valence-corrected chi connectivity index (χ4v) is 1.42. The van der Waals surface area contributed by atoms with Crippen LogP contribution in [0.15, 0.2) is 11.6 Å². The van der Waals surface area contributed by atoms with Crippen molar-refractivity contribution in [2.45, 2.75) is 49.9 Å². The molecule has 0 saturated carbocycles. The van der Waals surface area contributed by atoms with Crippen molar-refractivity contribution in [3.05, 3.63) is 11.6 Å². The van der Waals surface area contributed by atoms with Crippen LogP contribution >= 0.6 is 0 Å². The maximum atomic E-state index is 13.2. The van der Waals surface area contributed by atoms with Crippen molar-refractivity contribution in [3.8, 4) is 0 Å². The second-order valence-corrected chi connectivity index (χ2v) is 4.82. The number of alkyl halides is 12. The van der Waals surface area contributed by atoms with Crippen molar-refractivity contribution in [3.63, 3.8) is 0 Å². The Balaban J connectivity index is 5.20. The number of carbonyl (C=O) groups excluding carboxylic acids is 1. The molecule has 0 aliphatic carbocycles. The lowest BCUT2D eigenvalue weighted by atomic mass is 10.00.